The topological polar surface area (TPSA) is 66.7 Å². The van der Waals surface area contributed by atoms with E-state index in [2.05, 4.69) is 21.4 Å². The second-order valence-corrected chi connectivity index (χ2v) is 3.87. The lowest BCUT2D eigenvalue weighted by atomic mass is 10.2. The molecule has 0 aliphatic rings. The number of nitrogens with zero attached hydrogens (tertiary/aromatic N) is 1. The van der Waals surface area contributed by atoms with Crippen molar-refractivity contribution in [3.05, 3.63) is 48.9 Å². The van der Waals surface area contributed by atoms with Gasteiger partial charge in [0.25, 0.3) is 0 Å². The number of rotatable bonds is 2. The molecular formula is C13H12N4. The second kappa shape index (κ2) is 3.83. The maximum Gasteiger partial charge on any atom is 0.0739 e. The predicted molar refractivity (Wildman–Crippen MR) is 70.2 cm³/mol. The van der Waals surface area contributed by atoms with Crippen LogP contribution in [0.4, 0.5) is 17.1 Å². The van der Waals surface area contributed by atoms with Crippen LogP contribution in [0.3, 0.4) is 0 Å². The van der Waals surface area contributed by atoms with Gasteiger partial charge >= 0.3 is 0 Å². The molecular weight excluding hydrogens is 212 g/mol. The van der Waals surface area contributed by atoms with Crippen molar-refractivity contribution in [3.63, 3.8) is 0 Å². The van der Waals surface area contributed by atoms with Crippen LogP contribution >= 0.6 is 0 Å². The summed E-state index contributed by atoms with van der Waals surface area (Å²) in [7, 11) is 0. The summed E-state index contributed by atoms with van der Waals surface area (Å²) >= 11 is 0. The Morgan fingerprint density at radius 1 is 1.18 bits per heavy atom. The fourth-order valence-electron chi connectivity index (χ4n) is 1.81. The van der Waals surface area contributed by atoms with Crippen LogP contribution in [0, 0.1) is 0 Å². The number of nitrogens with two attached hydrogens (primary N) is 1. The Morgan fingerprint density at radius 2 is 2.12 bits per heavy atom. The number of nitrogen functional groups attached to an aromatic ring is 1. The van der Waals surface area contributed by atoms with E-state index in [1.54, 1.807) is 12.4 Å². The van der Waals surface area contributed by atoms with Crippen molar-refractivity contribution in [1.82, 2.24) is 9.97 Å². The van der Waals surface area contributed by atoms with Crippen molar-refractivity contribution in [2.24, 2.45) is 0 Å². The highest BCUT2D eigenvalue weighted by atomic mass is 14.9. The van der Waals surface area contributed by atoms with E-state index >= 15 is 0 Å². The highest BCUT2D eigenvalue weighted by Crippen LogP contribution is 2.24. The van der Waals surface area contributed by atoms with E-state index in [-0.39, 0.29) is 0 Å². The van der Waals surface area contributed by atoms with Crippen LogP contribution in [0.25, 0.3) is 10.9 Å². The molecule has 0 atom stereocenters. The van der Waals surface area contributed by atoms with Crippen LogP contribution in [0.15, 0.2) is 48.9 Å². The van der Waals surface area contributed by atoms with Crippen LogP contribution in [-0.4, -0.2) is 9.97 Å². The second-order valence-electron chi connectivity index (χ2n) is 3.87. The summed E-state index contributed by atoms with van der Waals surface area (Å²) in [5.74, 6) is 0. The van der Waals surface area contributed by atoms with E-state index in [0.717, 1.165) is 16.9 Å². The third-order valence-corrected chi connectivity index (χ3v) is 2.68. The van der Waals surface area contributed by atoms with Gasteiger partial charge in [-0.05, 0) is 30.3 Å². The van der Waals surface area contributed by atoms with Gasteiger partial charge in [-0.15, -0.1) is 0 Å². The number of hydrogen-bond acceptors (Lipinski definition) is 3. The first-order chi connectivity index (χ1) is 8.33. The van der Waals surface area contributed by atoms with Gasteiger partial charge in [-0.25, -0.2) is 0 Å². The molecule has 84 valence electrons. The summed E-state index contributed by atoms with van der Waals surface area (Å²) in [6.07, 6.45) is 5.28. The standard InChI is InChI=1S/C13H12N4/c14-11-8-15-5-4-13(11)17-10-1-2-12-9(7-10)3-6-16-12/h1-8,16H,14H2,(H,15,17). The molecule has 4 nitrogen and oxygen atoms in total. The zero-order chi connectivity index (χ0) is 11.7. The third-order valence-electron chi connectivity index (χ3n) is 2.68. The van der Waals surface area contributed by atoms with Crippen LogP contribution < -0.4 is 11.1 Å². The molecule has 0 saturated carbocycles. The van der Waals surface area contributed by atoms with Crippen molar-refractivity contribution < 1.29 is 0 Å². The van der Waals surface area contributed by atoms with Crippen LogP contribution in [-0.2, 0) is 0 Å². The molecule has 0 amide bonds. The van der Waals surface area contributed by atoms with Gasteiger partial charge in [0.05, 0.1) is 17.6 Å². The minimum atomic E-state index is 0.640. The van der Waals surface area contributed by atoms with Gasteiger partial charge in [0.1, 0.15) is 0 Å². The normalized spacial score (nSPS) is 10.6. The summed E-state index contributed by atoms with van der Waals surface area (Å²) in [6.45, 7) is 0. The number of nitrogens with one attached hydrogen (secondary N) is 2. The molecule has 0 saturated heterocycles. The molecule has 0 unspecified atom stereocenters. The highest BCUT2D eigenvalue weighted by molar-refractivity contribution is 5.84. The minimum Gasteiger partial charge on any atom is -0.396 e. The van der Waals surface area contributed by atoms with Crippen LogP contribution in [0.5, 0.6) is 0 Å². The van der Waals surface area contributed by atoms with Crippen LogP contribution in [0.1, 0.15) is 0 Å². The van der Waals surface area contributed by atoms with Gasteiger partial charge in [0, 0.05) is 29.0 Å². The molecule has 2 heterocycles. The average Bonchev–Trinajstić information content (AvgIpc) is 2.79. The van der Waals surface area contributed by atoms with E-state index < -0.39 is 0 Å². The Labute approximate surface area is 98.5 Å². The third kappa shape index (κ3) is 1.80. The first-order valence-electron chi connectivity index (χ1n) is 5.36. The zero-order valence-corrected chi connectivity index (χ0v) is 9.14. The van der Waals surface area contributed by atoms with E-state index in [9.17, 15) is 0 Å². The summed E-state index contributed by atoms with van der Waals surface area (Å²) in [6, 6.07) is 10.0. The Morgan fingerprint density at radius 3 is 3.00 bits per heavy atom. The Bertz CT molecular complexity index is 657. The van der Waals surface area contributed by atoms with Crippen molar-refractivity contribution >= 4 is 28.0 Å². The number of pyridine rings is 1. The molecule has 3 aromatic rings. The number of anilines is 3. The van der Waals surface area contributed by atoms with Gasteiger partial charge in [-0.2, -0.15) is 0 Å². The van der Waals surface area contributed by atoms with E-state index in [1.807, 2.05) is 30.5 Å². The summed E-state index contributed by atoms with van der Waals surface area (Å²) in [5, 5.41) is 4.44. The van der Waals surface area contributed by atoms with Gasteiger partial charge in [-0.1, -0.05) is 0 Å². The maximum atomic E-state index is 5.83. The fraction of sp³-hybridized carbons (Fsp3) is 0. The molecule has 4 heteroatoms. The monoisotopic (exact) mass is 224 g/mol. The van der Waals surface area contributed by atoms with Gasteiger partial charge in [-0.3, -0.25) is 4.98 Å². The van der Waals surface area contributed by atoms with Crippen LogP contribution in [0.2, 0.25) is 0 Å². The fourth-order valence-corrected chi connectivity index (χ4v) is 1.81. The maximum absolute atomic E-state index is 5.83. The lowest BCUT2D eigenvalue weighted by Gasteiger charge is -2.08. The first-order valence-corrected chi connectivity index (χ1v) is 5.36. The predicted octanol–water partition coefficient (Wildman–Crippen LogP) is 2.89. The first kappa shape index (κ1) is 9.72. The molecule has 0 aliphatic heterocycles. The molecule has 17 heavy (non-hydrogen) atoms. The largest absolute Gasteiger partial charge is 0.396 e. The molecule has 0 bridgehead atoms. The molecule has 1 aromatic carbocycles. The molecule has 3 rings (SSSR count). The van der Waals surface area contributed by atoms with E-state index in [0.29, 0.717) is 5.69 Å². The quantitative estimate of drug-likeness (QED) is 0.627. The Kier molecular flexibility index (Phi) is 2.19. The number of aromatic amines is 1. The summed E-state index contributed by atoms with van der Waals surface area (Å²) in [4.78, 5) is 7.12. The van der Waals surface area contributed by atoms with Gasteiger partial charge in [0.15, 0.2) is 0 Å². The molecule has 2 aromatic heterocycles. The van der Waals surface area contributed by atoms with Crippen molar-refractivity contribution in [2.75, 3.05) is 11.1 Å². The zero-order valence-electron chi connectivity index (χ0n) is 9.14. The highest BCUT2D eigenvalue weighted by Gasteiger charge is 2.00. The number of aromatic nitrogens is 2. The lowest BCUT2D eigenvalue weighted by Crippen LogP contribution is -1.96. The number of hydrogen-bond donors (Lipinski definition) is 3. The minimum absolute atomic E-state index is 0.640. The summed E-state index contributed by atoms with van der Waals surface area (Å²) < 4.78 is 0. The number of H-pyrrole nitrogens is 1. The SMILES string of the molecule is Nc1cnccc1Nc1ccc2[nH]ccc2c1. The van der Waals surface area contributed by atoms with Crippen molar-refractivity contribution in [1.29, 1.82) is 0 Å². The number of fused-ring (bicyclic) bond motifs is 1. The number of benzene rings is 1. The van der Waals surface area contributed by atoms with E-state index in [4.69, 9.17) is 5.73 Å². The Balaban J connectivity index is 1.97. The molecule has 0 fully saturated rings. The smallest absolute Gasteiger partial charge is 0.0739 e. The van der Waals surface area contributed by atoms with Crippen molar-refractivity contribution in [2.45, 2.75) is 0 Å². The van der Waals surface area contributed by atoms with Gasteiger partial charge < -0.3 is 16.0 Å². The van der Waals surface area contributed by atoms with Crippen molar-refractivity contribution in [3.8, 4) is 0 Å². The molecule has 4 N–H and O–H groups in total. The molecule has 0 radical (unpaired) electrons. The average molecular weight is 224 g/mol. The molecule has 0 aliphatic carbocycles. The molecule has 0 spiro atoms. The van der Waals surface area contributed by atoms with E-state index in [1.165, 1.54) is 5.39 Å². The lowest BCUT2D eigenvalue weighted by molar-refractivity contribution is 1.33. The van der Waals surface area contributed by atoms with Gasteiger partial charge in [0.2, 0.25) is 0 Å². The summed E-state index contributed by atoms with van der Waals surface area (Å²) in [5.41, 5.74) is 9.47. The Hall–Kier alpha value is -2.49.